The third kappa shape index (κ3) is 4.79. The largest absolute Gasteiger partial charge is 0.480 e. The molecule has 2 aromatic carbocycles. The van der Waals surface area contributed by atoms with E-state index in [1.807, 2.05) is 36.4 Å². The average Bonchev–Trinajstić information content (AvgIpc) is 3.37. The normalized spacial score (nSPS) is 15.5. The van der Waals surface area contributed by atoms with Crippen LogP contribution in [0.3, 0.4) is 0 Å². The predicted octanol–water partition coefficient (Wildman–Crippen LogP) is 3.52. The molecule has 8 nitrogen and oxygen atoms in total. The number of unbranched alkanes of at least 4 members (excludes halogenated alkanes) is 1. The fourth-order valence-electron chi connectivity index (χ4n) is 4.67. The van der Waals surface area contributed by atoms with E-state index in [1.165, 1.54) is 7.05 Å². The molecule has 1 saturated heterocycles. The van der Waals surface area contributed by atoms with Gasteiger partial charge in [0.1, 0.15) is 12.6 Å². The second-order valence-electron chi connectivity index (χ2n) is 8.48. The van der Waals surface area contributed by atoms with Gasteiger partial charge in [-0.25, -0.2) is 14.4 Å². The molecule has 0 aromatic heterocycles. The number of hydrogen-bond donors (Lipinski definition) is 2. The Morgan fingerprint density at radius 2 is 1.76 bits per heavy atom. The molecule has 0 bridgehead atoms. The Bertz CT molecular complexity index is 995. The Morgan fingerprint density at radius 1 is 1.12 bits per heavy atom. The van der Waals surface area contributed by atoms with Crippen molar-refractivity contribution in [3.05, 3.63) is 59.7 Å². The van der Waals surface area contributed by atoms with Crippen molar-refractivity contribution in [1.82, 2.24) is 15.1 Å². The maximum atomic E-state index is 12.7. The summed E-state index contributed by atoms with van der Waals surface area (Å²) in [5.74, 6) is -1.14. The van der Waals surface area contributed by atoms with Gasteiger partial charge < -0.3 is 20.1 Å². The number of benzene rings is 2. The van der Waals surface area contributed by atoms with Crippen LogP contribution in [0.25, 0.3) is 11.1 Å². The summed E-state index contributed by atoms with van der Waals surface area (Å²) in [6.45, 7) is 2.03. The lowest BCUT2D eigenvalue weighted by atomic mass is 9.98. The van der Waals surface area contributed by atoms with Gasteiger partial charge in [0.25, 0.3) is 0 Å². The molecule has 2 N–H and O–H groups in total. The Hall–Kier alpha value is -3.55. The fourth-order valence-corrected chi connectivity index (χ4v) is 4.67. The van der Waals surface area contributed by atoms with E-state index in [0.29, 0.717) is 38.9 Å². The number of nitrogens with zero attached hydrogens (tertiary/aromatic N) is 2. The number of carboxylic acid groups (broad SMARTS) is 1. The maximum Gasteiger partial charge on any atom is 0.410 e. The molecule has 1 heterocycles. The van der Waals surface area contributed by atoms with E-state index in [1.54, 1.807) is 4.90 Å². The molecule has 0 spiro atoms. The molecule has 3 amide bonds. The van der Waals surface area contributed by atoms with Crippen LogP contribution in [0.15, 0.2) is 48.5 Å². The number of aliphatic carboxylic acids is 1. The molecule has 0 radical (unpaired) electrons. The summed E-state index contributed by atoms with van der Waals surface area (Å²) < 4.78 is 5.60. The molecular weight excluding hydrogens is 422 g/mol. The van der Waals surface area contributed by atoms with Gasteiger partial charge >= 0.3 is 18.1 Å². The lowest BCUT2D eigenvalue weighted by molar-refractivity contribution is -0.142. The predicted molar refractivity (Wildman–Crippen MR) is 123 cm³/mol. The van der Waals surface area contributed by atoms with Crippen LogP contribution < -0.4 is 5.32 Å². The number of amides is 3. The number of likely N-dealkylation sites (N-methyl/N-ethyl adjacent to an activating group) is 1. The summed E-state index contributed by atoms with van der Waals surface area (Å²) in [4.78, 5) is 39.0. The second kappa shape index (κ2) is 9.94. The van der Waals surface area contributed by atoms with Gasteiger partial charge in [-0.2, -0.15) is 0 Å². The molecule has 33 heavy (non-hydrogen) atoms. The zero-order chi connectivity index (χ0) is 23.4. The van der Waals surface area contributed by atoms with Crippen molar-refractivity contribution in [2.45, 2.75) is 31.2 Å². The van der Waals surface area contributed by atoms with Gasteiger partial charge in [-0.1, -0.05) is 48.5 Å². The third-order valence-electron chi connectivity index (χ3n) is 6.48. The first kappa shape index (κ1) is 22.6. The first-order chi connectivity index (χ1) is 16.0. The Kier molecular flexibility index (Phi) is 6.82. The molecule has 1 aliphatic carbocycles. The number of carboxylic acids is 1. The molecule has 8 heteroatoms. The van der Waals surface area contributed by atoms with Crippen LogP contribution in [0.1, 0.15) is 36.3 Å². The Balaban J connectivity index is 1.33. The average molecular weight is 452 g/mol. The molecule has 1 fully saturated rings. The first-order valence-electron chi connectivity index (χ1n) is 11.3. The van der Waals surface area contributed by atoms with Crippen molar-refractivity contribution >= 4 is 18.1 Å². The molecule has 2 aliphatic rings. The van der Waals surface area contributed by atoms with Crippen molar-refractivity contribution in [2.75, 3.05) is 33.3 Å². The van der Waals surface area contributed by atoms with E-state index in [0.717, 1.165) is 27.2 Å². The molecule has 0 saturated carbocycles. The minimum atomic E-state index is -1.06. The highest BCUT2D eigenvalue weighted by Crippen LogP contribution is 2.44. The topological polar surface area (TPSA) is 99.2 Å². The van der Waals surface area contributed by atoms with E-state index >= 15 is 0 Å². The molecule has 4 rings (SSSR count). The summed E-state index contributed by atoms with van der Waals surface area (Å²) in [7, 11) is 1.46. The highest BCUT2D eigenvalue weighted by molar-refractivity contribution is 5.81. The van der Waals surface area contributed by atoms with Crippen molar-refractivity contribution in [3.8, 4) is 11.1 Å². The minimum absolute atomic E-state index is 0.0790. The van der Waals surface area contributed by atoms with Gasteiger partial charge in [0.2, 0.25) is 0 Å². The zero-order valence-corrected chi connectivity index (χ0v) is 18.7. The van der Waals surface area contributed by atoms with Crippen LogP contribution in [-0.4, -0.2) is 72.3 Å². The Morgan fingerprint density at radius 3 is 2.33 bits per heavy atom. The zero-order valence-electron chi connectivity index (χ0n) is 18.7. The van der Waals surface area contributed by atoms with Crippen molar-refractivity contribution in [3.63, 3.8) is 0 Å². The summed E-state index contributed by atoms with van der Waals surface area (Å²) in [6.07, 6.45) is 0.909. The number of fused-ring (bicyclic) bond motifs is 3. The van der Waals surface area contributed by atoms with Crippen molar-refractivity contribution in [2.24, 2.45) is 0 Å². The van der Waals surface area contributed by atoms with E-state index in [9.17, 15) is 19.5 Å². The summed E-state index contributed by atoms with van der Waals surface area (Å²) in [5.41, 5.74) is 4.49. The van der Waals surface area contributed by atoms with Crippen molar-refractivity contribution < 1.29 is 24.2 Å². The van der Waals surface area contributed by atoms with Gasteiger partial charge in [-0.3, -0.25) is 4.90 Å². The number of ether oxygens (including phenoxy) is 1. The number of carbonyl (C=O) groups excluding carboxylic acids is 2. The van der Waals surface area contributed by atoms with Crippen LogP contribution in [-0.2, 0) is 9.53 Å². The number of nitrogens with one attached hydrogen (secondary N) is 1. The molecular formula is C25H29N3O5. The number of rotatable bonds is 9. The minimum Gasteiger partial charge on any atom is -0.480 e. The van der Waals surface area contributed by atoms with Crippen molar-refractivity contribution in [1.29, 1.82) is 0 Å². The van der Waals surface area contributed by atoms with E-state index < -0.39 is 18.1 Å². The van der Waals surface area contributed by atoms with Gasteiger partial charge in [0, 0.05) is 32.6 Å². The molecule has 1 unspecified atom stereocenters. The first-order valence-corrected chi connectivity index (χ1v) is 11.3. The SMILES string of the molecule is CN(C(=O)OCC1c2ccccc2-c2ccccc21)C(CCCCN1CCNC1=O)C(=O)O. The number of urea groups is 1. The van der Waals surface area contributed by atoms with E-state index in [-0.39, 0.29) is 18.6 Å². The standard InChI is InChI=1S/C25H29N3O5/c1-27(22(23(29)30)12-6-7-14-28-15-13-26-24(28)31)25(32)33-16-21-19-10-4-2-8-17(19)18-9-3-5-11-20(18)21/h2-5,8-11,21-22H,6-7,12-16H2,1H3,(H,26,31)(H,29,30). The van der Waals surface area contributed by atoms with Crippen LogP contribution in [0, 0.1) is 0 Å². The monoisotopic (exact) mass is 451 g/mol. The molecule has 174 valence electrons. The fraction of sp³-hybridized carbons (Fsp3) is 0.400. The maximum absolute atomic E-state index is 12.7. The van der Waals surface area contributed by atoms with E-state index in [4.69, 9.17) is 4.74 Å². The van der Waals surface area contributed by atoms with Gasteiger partial charge in [0.05, 0.1) is 0 Å². The molecule has 1 aliphatic heterocycles. The second-order valence-corrected chi connectivity index (χ2v) is 8.48. The van der Waals surface area contributed by atoms with E-state index in [2.05, 4.69) is 17.4 Å². The smallest absolute Gasteiger partial charge is 0.410 e. The number of carbonyl (C=O) groups is 3. The highest BCUT2D eigenvalue weighted by Gasteiger charge is 2.31. The summed E-state index contributed by atoms with van der Waals surface area (Å²) in [5, 5.41) is 12.4. The molecule has 1 atom stereocenters. The van der Waals surface area contributed by atoms with Gasteiger partial charge in [0.15, 0.2) is 0 Å². The summed E-state index contributed by atoms with van der Waals surface area (Å²) in [6, 6.07) is 15.1. The van der Waals surface area contributed by atoms with Crippen LogP contribution in [0.5, 0.6) is 0 Å². The van der Waals surface area contributed by atoms with Gasteiger partial charge in [-0.15, -0.1) is 0 Å². The summed E-state index contributed by atoms with van der Waals surface area (Å²) >= 11 is 0. The third-order valence-corrected chi connectivity index (χ3v) is 6.48. The lowest BCUT2D eigenvalue weighted by Gasteiger charge is -2.25. The highest BCUT2D eigenvalue weighted by atomic mass is 16.6. The quantitative estimate of drug-likeness (QED) is 0.569. The van der Waals surface area contributed by atoms with Gasteiger partial charge in [-0.05, 0) is 41.5 Å². The van der Waals surface area contributed by atoms with Crippen LogP contribution in [0.4, 0.5) is 9.59 Å². The number of hydrogen-bond acceptors (Lipinski definition) is 4. The Labute approximate surface area is 193 Å². The van der Waals surface area contributed by atoms with Crippen LogP contribution in [0.2, 0.25) is 0 Å². The molecule has 2 aromatic rings. The van der Waals surface area contributed by atoms with Crippen LogP contribution >= 0.6 is 0 Å². The lowest BCUT2D eigenvalue weighted by Crippen LogP contribution is -2.43.